The van der Waals surface area contributed by atoms with E-state index in [0.29, 0.717) is 6.04 Å². The second-order valence-electron chi connectivity index (χ2n) is 5.96. The maximum absolute atomic E-state index is 13.4. The van der Waals surface area contributed by atoms with Gasteiger partial charge in [0.05, 0.1) is 0 Å². The van der Waals surface area contributed by atoms with Gasteiger partial charge in [0.2, 0.25) is 0 Å². The summed E-state index contributed by atoms with van der Waals surface area (Å²) in [6, 6.07) is 5.45. The zero-order valence-electron chi connectivity index (χ0n) is 11.2. The van der Waals surface area contributed by atoms with E-state index in [0.717, 1.165) is 10.9 Å². The highest BCUT2D eigenvalue weighted by Gasteiger charge is 2.21. The van der Waals surface area contributed by atoms with Crippen molar-refractivity contribution in [1.29, 1.82) is 0 Å². The van der Waals surface area contributed by atoms with E-state index < -0.39 is 0 Å². The van der Waals surface area contributed by atoms with Crippen LogP contribution in [0.4, 0.5) is 4.39 Å². The van der Waals surface area contributed by atoms with Crippen LogP contribution in [0, 0.1) is 5.82 Å². The normalized spacial score (nSPS) is 12.6. The van der Waals surface area contributed by atoms with E-state index in [1.807, 2.05) is 6.07 Å². The molecule has 0 bridgehead atoms. The molecule has 1 heterocycles. The quantitative estimate of drug-likeness (QED) is 0.675. The van der Waals surface area contributed by atoms with Gasteiger partial charge in [0.15, 0.2) is 0 Å². The molecule has 2 aromatic rings. The van der Waals surface area contributed by atoms with Gasteiger partial charge in [-0.25, -0.2) is 4.39 Å². The Hall–Kier alpha value is -1.31. The van der Waals surface area contributed by atoms with Gasteiger partial charge in [0.1, 0.15) is 5.82 Å². The summed E-state index contributed by atoms with van der Waals surface area (Å²) < 4.78 is 15.6. The number of halogens is 1. The van der Waals surface area contributed by atoms with E-state index in [4.69, 9.17) is 0 Å². The van der Waals surface area contributed by atoms with Gasteiger partial charge >= 0.3 is 0 Å². The van der Waals surface area contributed by atoms with Crippen LogP contribution in [-0.4, -0.2) is 4.57 Å². The Morgan fingerprint density at radius 3 is 2.35 bits per heavy atom. The van der Waals surface area contributed by atoms with Crippen molar-refractivity contribution in [2.75, 3.05) is 0 Å². The average molecular weight is 233 g/mol. The number of fused-ring (bicyclic) bond motifs is 1. The first kappa shape index (κ1) is 12.2. The summed E-state index contributed by atoms with van der Waals surface area (Å²) in [5, 5.41) is 1.03. The van der Waals surface area contributed by atoms with Crippen LogP contribution >= 0.6 is 0 Å². The molecular formula is C15H20FN. The van der Waals surface area contributed by atoms with Crippen LogP contribution in [0.5, 0.6) is 0 Å². The van der Waals surface area contributed by atoms with Gasteiger partial charge in [-0.3, -0.25) is 0 Å². The number of hydrogen-bond donors (Lipinski definition) is 0. The fourth-order valence-electron chi connectivity index (χ4n) is 2.25. The molecule has 0 radical (unpaired) electrons. The third-order valence-corrected chi connectivity index (χ3v) is 3.16. The minimum atomic E-state index is -0.162. The summed E-state index contributed by atoms with van der Waals surface area (Å²) in [6.45, 7) is 10.8. The molecule has 0 fully saturated rings. The highest BCUT2D eigenvalue weighted by atomic mass is 19.1. The Labute approximate surface area is 102 Å². The predicted octanol–water partition coefficient (Wildman–Crippen LogP) is 4.66. The fraction of sp³-hybridized carbons (Fsp3) is 0.467. The zero-order valence-corrected chi connectivity index (χ0v) is 11.2. The van der Waals surface area contributed by atoms with Gasteiger partial charge in [-0.1, -0.05) is 20.8 Å². The molecule has 0 N–H and O–H groups in total. The first-order valence-electron chi connectivity index (χ1n) is 6.11. The molecule has 0 aliphatic carbocycles. The molecule has 92 valence electrons. The first-order valence-corrected chi connectivity index (χ1v) is 6.11. The van der Waals surface area contributed by atoms with Crippen molar-refractivity contribution in [3.8, 4) is 0 Å². The van der Waals surface area contributed by atoms with Crippen LogP contribution in [0.1, 0.15) is 46.2 Å². The van der Waals surface area contributed by atoms with Crippen LogP contribution in [0.25, 0.3) is 10.9 Å². The number of rotatable bonds is 1. The second-order valence-corrected chi connectivity index (χ2v) is 5.96. The summed E-state index contributed by atoms with van der Waals surface area (Å²) in [6.07, 6.45) is 2.16. The highest BCUT2D eigenvalue weighted by Crippen LogP contribution is 2.33. The van der Waals surface area contributed by atoms with Crippen molar-refractivity contribution >= 4 is 10.9 Å². The monoisotopic (exact) mass is 233 g/mol. The van der Waals surface area contributed by atoms with Gasteiger partial charge in [-0.2, -0.15) is 0 Å². The van der Waals surface area contributed by atoms with Gasteiger partial charge in [0, 0.05) is 23.1 Å². The average Bonchev–Trinajstić information content (AvgIpc) is 2.55. The van der Waals surface area contributed by atoms with E-state index in [9.17, 15) is 4.39 Å². The molecular weight excluding hydrogens is 213 g/mol. The maximum atomic E-state index is 13.4. The molecule has 0 atom stereocenters. The zero-order chi connectivity index (χ0) is 12.8. The van der Waals surface area contributed by atoms with Crippen molar-refractivity contribution < 1.29 is 4.39 Å². The molecule has 1 nitrogen and oxygen atoms in total. The van der Waals surface area contributed by atoms with Crippen molar-refractivity contribution in [1.82, 2.24) is 4.57 Å². The van der Waals surface area contributed by atoms with Crippen molar-refractivity contribution in [2.45, 2.75) is 46.1 Å². The Morgan fingerprint density at radius 1 is 1.18 bits per heavy atom. The summed E-state index contributed by atoms with van der Waals surface area (Å²) in [7, 11) is 0. The van der Waals surface area contributed by atoms with E-state index in [1.165, 1.54) is 11.6 Å². The second kappa shape index (κ2) is 3.86. The van der Waals surface area contributed by atoms with E-state index in [-0.39, 0.29) is 11.2 Å². The van der Waals surface area contributed by atoms with Gasteiger partial charge in [0.25, 0.3) is 0 Å². The Kier molecular flexibility index (Phi) is 2.76. The molecule has 0 spiro atoms. The molecule has 0 amide bonds. The third-order valence-electron chi connectivity index (χ3n) is 3.16. The van der Waals surface area contributed by atoms with E-state index in [1.54, 1.807) is 6.07 Å². The lowest BCUT2D eigenvalue weighted by molar-refractivity contribution is 0.577. The van der Waals surface area contributed by atoms with E-state index in [2.05, 4.69) is 45.4 Å². The van der Waals surface area contributed by atoms with Gasteiger partial charge < -0.3 is 4.57 Å². The van der Waals surface area contributed by atoms with Crippen LogP contribution in [0.3, 0.4) is 0 Å². The molecule has 0 aliphatic heterocycles. The lowest BCUT2D eigenvalue weighted by Crippen LogP contribution is -2.10. The van der Waals surface area contributed by atoms with Crippen LogP contribution in [0.2, 0.25) is 0 Å². The summed E-state index contributed by atoms with van der Waals surface area (Å²) >= 11 is 0. The SMILES string of the molecule is CC(C)n1cc(C(C)(C)C)c2cc(F)ccc21. The minimum absolute atomic E-state index is 0.0339. The Bertz CT molecular complexity index is 544. The first-order chi connectivity index (χ1) is 7.80. The lowest BCUT2D eigenvalue weighted by Gasteiger charge is -2.17. The summed E-state index contributed by atoms with van der Waals surface area (Å²) in [5.41, 5.74) is 2.36. The smallest absolute Gasteiger partial charge is 0.123 e. The number of nitrogens with zero attached hydrogens (tertiary/aromatic N) is 1. The van der Waals surface area contributed by atoms with Gasteiger partial charge in [-0.15, -0.1) is 0 Å². The highest BCUT2D eigenvalue weighted by molar-refractivity contribution is 5.85. The van der Waals surface area contributed by atoms with Crippen LogP contribution in [0.15, 0.2) is 24.4 Å². The van der Waals surface area contributed by atoms with Crippen molar-refractivity contribution in [3.05, 3.63) is 35.8 Å². The summed E-state index contributed by atoms with van der Waals surface area (Å²) in [4.78, 5) is 0. The third kappa shape index (κ3) is 2.08. The number of benzene rings is 1. The van der Waals surface area contributed by atoms with E-state index >= 15 is 0 Å². The molecule has 2 heteroatoms. The standard InChI is InChI=1S/C15H20FN/c1-10(2)17-9-13(15(3,4)5)12-8-11(16)6-7-14(12)17/h6-10H,1-5H3. The summed E-state index contributed by atoms with van der Waals surface area (Å²) in [5.74, 6) is -0.162. The number of hydrogen-bond acceptors (Lipinski definition) is 0. The molecule has 0 saturated carbocycles. The molecule has 0 aliphatic rings. The molecule has 0 saturated heterocycles. The van der Waals surface area contributed by atoms with Gasteiger partial charge in [-0.05, 0) is 43.0 Å². The van der Waals surface area contributed by atoms with Crippen molar-refractivity contribution in [2.24, 2.45) is 0 Å². The largest absolute Gasteiger partial charge is 0.345 e. The maximum Gasteiger partial charge on any atom is 0.123 e. The van der Waals surface area contributed by atoms with Crippen LogP contribution in [-0.2, 0) is 5.41 Å². The van der Waals surface area contributed by atoms with Crippen molar-refractivity contribution in [3.63, 3.8) is 0 Å². The topological polar surface area (TPSA) is 4.93 Å². The fourth-order valence-corrected chi connectivity index (χ4v) is 2.25. The van der Waals surface area contributed by atoms with Crippen LogP contribution < -0.4 is 0 Å². The minimum Gasteiger partial charge on any atom is -0.345 e. The number of aromatic nitrogens is 1. The predicted molar refractivity (Wildman–Crippen MR) is 71.0 cm³/mol. The molecule has 17 heavy (non-hydrogen) atoms. The molecule has 0 unspecified atom stereocenters. The Morgan fingerprint density at radius 2 is 1.82 bits per heavy atom. The molecule has 2 rings (SSSR count). The lowest BCUT2D eigenvalue weighted by atomic mass is 9.87. The molecule has 1 aromatic heterocycles. The Balaban J connectivity index is 2.80. The molecule has 1 aromatic carbocycles.